The van der Waals surface area contributed by atoms with E-state index in [2.05, 4.69) is 11.0 Å². The van der Waals surface area contributed by atoms with Crippen LogP contribution in [-0.2, 0) is 11.2 Å². The summed E-state index contributed by atoms with van der Waals surface area (Å²) < 4.78 is 7.09. The molecule has 5 atom stereocenters. The van der Waals surface area contributed by atoms with Crippen molar-refractivity contribution in [2.24, 2.45) is 11.8 Å². The van der Waals surface area contributed by atoms with Gasteiger partial charge in [0.1, 0.15) is 5.75 Å². The van der Waals surface area contributed by atoms with Gasteiger partial charge in [0.05, 0.1) is 23.8 Å². The van der Waals surface area contributed by atoms with Crippen molar-refractivity contribution >= 4 is 18.3 Å². The summed E-state index contributed by atoms with van der Waals surface area (Å²) in [6.07, 6.45) is 7.12. The van der Waals surface area contributed by atoms with Crippen LogP contribution < -0.4 is 0 Å². The minimum atomic E-state index is -0.326. The Labute approximate surface area is 220 Å². The van der Waals surface area contributed by atoms with Crippen molar-refractivity contribution in [3.8, 4) is 5.75 Å². The molecule has 2 aromatic carbocycles. The first-order chi connectivity index (χ1) is 16.9. The number of benzene rings is 2. The standard InChI is InChI=1S/C30H36N2O3.ClH/c1-19-5-3-4-6-23(19)28(34)31(2)18-29-13-11-26(35-29)30-16-21-9-10-22(33)15-25(21)24(27(29)30)12-14-32(30)17-20-7-8-20;/h3-6,9-10,15,20,24,26-27,33H,7-8,11-14,16-18H2,1-2H3;1H/t24?,26?,27?,29-,30?;/m0./s1. The number of carbonyl (C=O) groups excluding carboxylic acids is 1. The van der Waals surface area contributed by atoms with E-state index in [4.69, 9.17) is 4.74 Å². The predicted molar refractivity (Wildman–Crippen MR) is 142 cm³/mol. The number of halogens is 1. The van der Waals surface area contributed by atoms with Crippen molar-refractivity contribution in [3.05, 3.63) is 64.7 Å². The van der Waals surface area contributed by atoms with Gasteiger partial charge in [-0.3, -0.25) is 9.69 Å². The Hall–Kier alpha value is -2.08. The summed E-state index contributed by atoms with van der Waals surface area (Å²) in [5.74, 6) is 2.00. The second-order valence-corrected chi connectivity index (χ2v) is 12.0. The Balaban J connectivity index is 0.00000240. The highest BCUT2D eigenvalue weighted by molar-refractivity contribution is 5.95. The normalized spacial score (nSPS) is 34.0. The molecule has 5 aliphatic rings. The van der Waals surface area contributed by atoms with Crippen LogP contribution in [0.2, 0.25) is 0 Å². The van der Waals surface area contributed by atoms with Gasteiger partial charge in [0, 0.05) is 25.1 Å². The van der Waals surface area contributed by atoms with Crippen LogP contribution in [0.4, 0.5) is 0 Å². The lowest BCUT2D eigenvalue weighted by molar-refractivity contribution is -0.0598. The highest BCUT2D eigenvalue weighted by atomic mass is 35.5. The number of rotatable bonds is 5. The summed E-state index contributed by atoms with van der Waals surface area (Å²) in [7, 11) is 1.95. The Kier molecular flexibility index (Phi) is 5.71. The molecular weight excluding hydrogens is 472 g/mol. The zero-order valence-corrected chi connectivity index (χ0v) is 22.1. The third kappa shape index (κ3) is 3.39. The number of phenols is 1. The maximum atomic E-state index is 13.5. The summed E-state index contributed by atoms with van der Waals surface area (Å²) in [6.45, 7) is 4.94. The summed E-state index contributed by atoms with van der Waals surface area (Å²) in [6, 6.07) is 13.9. The molecule has 7 rings (SSSR count). The average Bonchev–Trinajstić information content (AvgIpc) is 3.50. The smallest absolute Gasteiger partial charge is 0.253 e. The quantitative estimate of drug-likeness (QED) is 0.621. The van der Waals surface area contributed by atoms with Crippen molar-refractivity contribution in [2.45, 2.75) is 68.6 Å². The number of hydrogen-bond donors (Lipinski definition) is 1. The molecule has 0 spiro atoms. The summed E-state index contributed by atoms with van der Waals surface area (Å²) in [5.41, 5.74) is 4.20. The number of phenolic OH excluding ortho intramolecular Hbond substituents is 1. The molecule has 36 heavy (non-hydrogen) atoms. The monoisotopic (exact) mass is 508 g/mol. The molecule has 192 valence electrons. The van der Waals surface area contributed by atoms with E-state index in [0.717, 1.165) is 49.3 Å². The number of aromatic hydroxyl groups is 1. The van der Waals surface area contributed by atoms with Gasteiger partial charge in [-0.15, -0.1) is 12.4 Å². The highest BCUT2D eigenvalue weighted by Crippen LogP contribution is 2.66. The van der Waals surface area contributed by atoms with Crippen molar-refractivity contribution < 1.29 is 14.6 Å². The molecule has 1 N–H and O–H groups in total. The Bertz CT molecular complexity index is 1200. The third-order valence-corrected chi connectivity index (χ3v) is 9.98. The van der Waals surface area contributed by atoms with Crippen molar-refractivity contribution in [2.75, 3.05) is 26.7 Å². The lowest BCUT2D eigenvalue weighted by Crippen LogP contribution is -2.70. The Morgan fingerprint density at radius 3 is 2.75 bits per heavy atom. The van der Waals surface area contributed by atoms with E-state index in [1.807, 2.05) is 55.3 Å². The van der Waals surface area contributed by atoms with E-state index < -0.39 is 0 Å². The molecule has 3 saturated heterocycles. The number of ether oxygens (including phenoxy) is 1. The van der Waals surface area contributed by atoms with E-state index in [1.54, 1.807) is 0 Å². The van der Waals surface area contributed by atoms with Gasteiger partial charge in [0.2, 0.25) is 0 Å². The van der Waals surface area contributed by atoms with Crippen LogP contribution in [0.1, 0.15) is 65.1 Å². The lowest BCUT2D eigenvalue weighted by Gasteiger charge is -2.61. The number of amides is 1. The van der Waals surface area contributed by atoms with Crippen LogP contribution in [0.25, 0.3) is 0 Å². The van der Waals surface area contributed by atoms with Gasteiger partial charge < -0.3 is 14.7 Å². The molecule has 0 aromatic heterocycles. The zero-order chi connectivity index (χ0) is 23.9. The summed E-state index contributed by atoms with van der Waals surface area (Å²) >= 11 is 0. The minimum Gasteiger partial charge on any atom is -0.508 e. The van der Waals surface area contributed by atoms with Crippen LogP contribution in [0, 0.1) is 18.8 Å². The average molecular weight is 509 g/mol. The molecular formula is C30H37ClN2O3. The first-order valence-corrected chi connectivity index (χ1v) is 13.5. The number of nitrogens with zero attached hydrogens (tertiary/aromatic N) is 2. The molecule has 1 amide bonds. The zero-order valence-electron chi connectivity index (χ0n) is 21.3. The topological polar surface area (TPSA) is 53.0 Å². The maximum Gasteiger partial charge on any atom is 0.253 e. The van der Waals surface area contributed by atoms with Crippen molar-refractivity contribution in [1.82, 2.24) is 9.80 Å². The van der Waals surface area contributed by atoms with E-state index in [9.17, 15) is 9.90 Å². The van der Waals surface area contributed by atoms with Gasteiger partial charge >= 0.3 is 0 Å². The molecule has 4 bridgehead atoms. The Morgan fingerprint density at radius 1 is 1.17 bits per heavy atom. The van der Waals surface area contributed by atoms with Crippen LogP contribution in [-0.4, -0.2) is 64.7 Å². The molecule has 6 heteroatoms. The van der Waals surface area contributed by atoms with Crippen LogP contribution in [0.5, 0.6) is 5.75 Å². The van der Waals surface area contributed by atoms with E-state index >= 15 is 0 Å². The molecule has 4 unspecified atom stereocenters. The number of likely N-dealkylation sites (N-methyl/N-ethyl adjacent to an activating group) is 1. The predicted octanol–water partition coefficient (Wildman–Crippen LogP) is 4.94. The second kappa shape index (κ2) is 8.47. The van der Waals surface area contributed by atoms with Gasteiger partial charge in [-0.25, -0.2) is 0 Å². The van der Waals surface area contributed by atoms with Gasteiger partial charge in [-0.1, -0.05) is 24.3 Å². The fourth-order valence-corrected chi connectivity index (χ4v) is 8.44. The highest BCUT2D eigenvalue weighted by Gasteiger charge is 2.73. The SMILES string of the molecule is Cc1ccccc1C(=O)N(C)C[C@]12CCC(O1)C13Cc4ccc(O)cc4C(CCN1CC1CC1)C32.Cl. The molecule has 3 heterocycles. The first kappa shape index (κ1) is 24.3. The molecule has 0 radical (unpaired) electrons. The maximum absolute atomic E-state index is 13.5. The molecule has 3 aliphatic heterocycles. The van der Waals surface area contributed by atoms with Gasteiger partial charge in [0.25, 0.3) is 5.91 Å². The third-order valence-electron chi connectivity index (χ3n) is 9.98. The fraction of sp³-hybridized carbons (Fsp3) is 0.567. The molecule has 1 saturated carbocycles. The van der Waals surface area contributed by atoms with Crippen LogP contribution >= 0.6 is 12.4 Å². The van der Waals surface area contributed by atoms with E-state index in [1.165, 1.54) is 30.5 Å². The summed E-state index contributed by atoms with van der Waals surface area (Å²) in [5, 5.41) is 10.4. The Morgan fingerprint density at radius 2 is 1.97 bits per heavy atom. The van der Waals surface area contributed by atoms with Crippen molar-refractivity contribution in [1.29, 1.82) is 0 Å². The number of likely N-dealkylation sites (tertiary alicyclic amines) is 1. The van der Waals surface area contributed by atoms with Crippen LogP contribution in [0.15, 0.2) is 42.5 Å². The molecule has 4 fully saturated rings. The second-order valence-electron chi connectivity index (χ2n) is 12.0. The molecule has 2 aliphatic carbocycles. The van der Waals surface area contributed by atoms with E-state index in [0.29, 0.717) is 24.1 Å². The van der Waals surface area contributed by atoms with Crippen LogP contribution in [0.3, 0.4) is 0 Å². The number of carbonyl (C=O) groups is 1. The lowest BCUT2D eigenvalue weighted by atomic mass is 9.52. The molecule has 2 aromatic rings. The first-order valence-electron chi connectivity index (χ1n) is 13.5. The number of piperidine rings is 1. The van der Waals surface area contributed by atoms with Gasteiger partial charge in [0.15, 0.2) is 0 Å². The minimum absolute atomic E-state index is 0. The van der Waals surface area contributed by atoms with E-state index in [-0.39, 0.29) is 35.6 Å². The van der Waals surface area contributed by atoms with Crippen molar-refractivity contribution in [3.63, 3.8) is 0 Å². The number of fused-ring (bicyclic) bond motifs is 4. The fourth-order valence-electron chi connectivity index (χ4n) is 8.44. The molecule has 5 nitrogen and oxygen atoms in total. The number of hydrogen-bond acceptors (Lipinski definition) is 4. The largest absolute Gasteiger partial charge is 0.508 e. The van der Waals surface area contributed by atoms with Gasteiger partial charge in [-0.2, -0.15) is 0 Å². The number of aryl methyl sites for hydroxylation is 1. The summed E-state index contributed by atoms with van der Waals surface area (Å²) in [4.78, 5) is 18.3. The van der Waals surface area contributed by atoms with Gasteiger partial charge in [-0.05, 0) is 98.7 Å².